The highest BCUT2D eigenvalue weighted by Gasteiger charge is 2.66. The molecule has 0 bridgehead atoms. The Balaban J connectivity index is 1.66. The van der Waals surface area contributed by atoms with Gasteiger partial charge in [0.1, 0.15) is 0 Å². The Kier molecular flexibility index (Phi) is 2.65. The molecule has 0 N–H and O–H groups in total. The van der Waals surface area contributed by atoms with Crippen LogP contribution >= 0.6 is 0 Å². The van der Waals surface area contributed by atoms with Crippen molar-refractivity contribution in [1.82, 2.24) is 4.90 Å². The van der Waals surface area contributed by atoms with Gasteiger partial charge in [0.25, 0.3) is 0 Å². The molecule has 0 atom stereocenters. The molecule has 0 aromatic rings. The smallest absolute Gasteiger partial charge is 0.250 e. The Morgan fingerprint density at radius 2 is 1.65 bits per heavy atom. The molecule has 0 aromatic carbocycles. The van der Waals surface area contributed by atoms with Crippen molar-refractivity contribution >= 4 is 15.7 Å². The fraction of sp³-hybridized carbons (Fsp3) is 0.923. The number of sulfone groups is 1. The van der Waals surface area contributed by atoms with Crippen LogP contribution < -0.4 is 0 Å². The first-order valence-electron chi connectivity index (χ1n) is 6.87. The standard InChI is InChI=1S/C13H19F2NO3S/c1-9(2)12(3-13(14,15)4-12)10(17)16-5-11(6-16)7-20(18,19)8-11/h9H,3-8H2,1-2H3. The van der Waals surface area contributed by atoms with E-state index in [1.165, 1.54) is 0 Å². The minimum Gasteiger partial charge on any atom is -0.341 e. The topological polar surface area (TPSA) is 54.5 Å². The molecule has 1 saturated carbocycles. The second-order valence-electron chi connectivity index (χ2n) is 7.21. The third-order valence-corrected chi connectivity index (χ3v) is 7.18. The Labute approximate surface area is 117 Å². The maximum atomic E-state index is 13.2. The van der Waals surface area contributed by atoms with Gasteiger partial charge in [-0.15, -0.1) is 0 Å². The number of carbonyl (C=O) groups is 1. The molecular weight excluding hydrogens is 288 g/mol. The number of alkyl halides is 2. The number of nitrogens with zero attached hydrogens (tertiary/aromatic N) is 1. The lowest BCUT2D eigenvalue weighted by Gasteiger charge is -2.59. The van der Waals surface area contributed by atoms with Crippen LogP contribution in [0, 0.1) is 16.7 Å². The molecule has 3 rings (SSSR count). The van der Waals surface area contributed by atoms with Crippen molar-refractivity contribution < 1.29 is 22.0 Å². The predicted molar refractivity (Wildman–Crippen MR) is 69.1 cm³/mol. The summed E-state index contributed by atoms with van der Waals surface area (Å²) in [7, 11) is -2.92. The third kappa shape index (κ3) is 1.89. The summed E-state index contributed by atoms with van der Waals surface area (Å²) in [5, 5.41) is 0. The van der Waals surface area contributed by atoms with E-state index >= 15 is 0 Å². The minimum absolute atomic E-state index is 0.128. The molecule has 4 nitrogen and oxygen atoms in total. The molecule has 20 heavy (non-hydrogen) atoms. The Morgan fingerprint density at radius 3 is 2.00 bits per heavy atom. The molecule has 2 aliphatic heterocycles. The van der Waals surface area contributed by atoms with Crippen molar-refractivity contribution in [3.8, 4) is 0 Å². The van der Waals surface area contributed by atoms with E-state index < -0.39 is 21.2 Å². The number of likely N-dealkylation sites (tertiary alicyclic amines) is 1. The number of halogens is 2. The molecule has 2 heterocycles. The molecular formula is C13H19F2NO3S. The van der Waals surface area contributed by atoms with Gasteiger partial charge in [-0.25, -0.2) is 17.2 Å². The number of rotatable bonds is 2. The van der Waals surface area contributed by atoms with E-state index in [0.29, 0.717) is 13.1 Å². The van der Waals surface area contributed by atoms with Crippen LogP contribution in [0.4, 0.5) is 8.78 Å². The number of amides is 1. The van der Waals surface area contributed by atoms with E-state index in [9.17, 15) is 22.0 Å². The maximum Gasteiger partial charge on any atom is 0.250 e. The molecule has 114 valence electrons. The van der Waals surface area contributed by atoms with E-state index in [-0.39, 0.29) is 41.6 Å². The summed E-state index contributed by atoms with van der Waals surface area (Å²) in [6.07, 6.45) is -0.753. The van der Waals surface area contributed by atoms with Crippen LogP contribution in [-0.2, 0) is 14.6 Å². The fourth-order valence-electron chi connectivity index (χ4n) is 3.97. The molecule has 3 fully saturated rings. The Morgan fingerprint density at radius 1 is 1.15 bits per heavy atom. The van der Waals surface area contributed by atoms with E-state index in [0.717, 1.165) is 0 Å². The summed E-state index contributed by atoms with van der Waals surface area (Å²) < 4.78 is 48.9. The van der Waals surface area contributed by atoms with Crippen LogP contribution in [0.25, 0.3) is 0 Å². The minimum atomic E-state index is -2.92. The summed E-state index contributed by atoms with van der Waals surface area (Å²) >= 11 is 0. The Hall–Kier alpha value is -0.720. The third-order valence-electron chi connectivity index (χ3n) is 5.07. The zero-order valence-electron chi connectivity index (χ0n) is 11.7. The molecule has 7 heteroatoms. The zero-order chi connectivity index (χ0) is 15.0. The van der Waals surface area contributed by atoms with Gasteiger partial charge < -0.3 is 4.90 Å². The highest BCUT2D eigenvalue weighted by molar-refractivity contribution is 7.92. The van der Waals surface area contributed by atoms with Gasteiger partial charge in [0.05, 0.1) is 16.9 Å². The van der Waals surface area contributed by atoms with Gasteiger partial charge in [-0.05, 0) is 5.92 Å². The van der Waals surface area contributed by atoms with Crippen LogP contribution in [0.1, 0.15) is 26.7 Å². The Bertz CT molecular complexity index is 542. The van der Waals surface area contributed by atoms with E-state index in [1.807, 2.05) is 0 Å². The van der Waals surface area contributed by atoms with Crippen molar-refractivity contribution in [2.24, 2.45) is 16.7 Å². The summed E-state index contributed by atoms with van der Waals surface area (Å²) in [4.78, 5) is 14.1. The maximum absolute atomic E-state index is 13.2. The number of carbonyl (C=O) groups excluding carboxylic acids is 1. The van der Waals surface area contributed by atoms with Crippen LogP contribution in [0.5, 0.6) is 0 Å². The average molecular weight is 307 g/mol. The predicted octanol–water partition coefficient (Wildman–Crippen LogP) is 1.31. The molecule has 0 unspecified atom stereocenters. The van der Waals surface area contributed by atoms with Crippen LogP contribution in [-0.4, -0.2) is 49.7 Å². The van der Waals surface area contributed by atoms with Crippen LogP contribution in [0.2, 0.25) is 0 Å². The number of hydrogen-bond acceptors (Lipinski definition) is 3. The summed E-state index contributed by atoms with van der Waals surface area (Å²) in [5.74, 6) is -2.81. The normalized spacial score (nSPS) is 31.4. The molecule has 2 saturated heterocycles. The van der Waals surface area contributed by atoms with Gasteiger partial charge >= 0.3 is 0 Å². The molecule has 3 aliphatic rings. The average Bonchev–Trinajstić information content (AvgIpc) is 2.16. The first-order valence-corrected chi connectivity index (χ1v) is 8.69. The molecule has 0 aromatic heterocycles. The second kappa shape index (κ2) is 3.72. The second-order valence-corrected chi connectivity index (χ2v) is 9.28. The van der Waals surface area contributed by atoms with Gasteiger partial charge in [0.2, 0.25) is 11.8 Å². The van der Waals surface area contributed by atoms with Gasteiger partial charge in [0.15, 0.2) is 9.84 Å². The van der Waals surface area contributed by atoms with E-state index in [4.69, 9.17) is 0 Å². The van der Waals surface area contributed by atoms with E-state index in [2.05, 4.69) is 0 Å². The number of hydrogen-bond donors (Lipinski definition) is 0. The zero-order valence-corrected chi connectivity index (χ0v) is 12.5. The van der Waals surface area contributed by atoms with Crippen molar-refractivity contribution in [2.45, 2.75) is 32.6 Å². The molecule has 1 aliphatic carbocycles. The van der Waals surface area contributed by atoms with Gasteiger partial charge in [0, 0.05) is 31.3 Å². The van der Waals surface area contributed by atoms with Gasteiger partial charge in [-0.1, -0.05) is 13.8 Å². The summed E-state index contributed by atoms with van der Waals surface area (Å²) in [6, 6.07) is 0. The lowest BCUT2D eigenvalue weighted by molar-refractivity contribution is -0.205. The van der Waals surface area contributed by atoms with Crippen molar-refractivity contribution in [3.63, 3.8) is 0 Å². The van der Waals surface area contributed by atoms with Crippen molar-refractivity contribution in [2.75, 3.05) is 24.6 Å². The van der Waals surface area contributed by atoms with Crippen molar-refractivity contribution in [1.29, 1.82) is 0 Å². The van der Waals surface area contributed by atoms with Gasteiger partial charge in [-0.2, -0.15) is 0 Å². The highest BCUT2D eigenvalue weighted by atomic mass is 32.2. The fourth-order valence-corrected chi connectivity index (χ4v) is 6.12. The monoisotopic (exact) mass is 307 g/mol. The first kappa shape index (κ1) is 14.2. The molecule has 1 spiro atoms. The SMILES string of the molecule is CC(C)C1(C(=O)N2CC3(C2)CS(=O)(=O)C3)CC(F)(F)C1. The quantitative estimate of drug-likeness (QED) is 0.773. The first-order chi connectivity index (χ1) is 8.99. The largest absolute Gasteiger partial charge is 0.341 e. The lowest BCUT2D eigenvalue weighted by Crippen LogP contribution is -2.72. The van der Waals surface area contributed by atoms with Crippen LogP contribution in [0.15, 0.2) is 0 Å². The summed E-state index contributed by atoms with van der Waals surface area (Å²) in [6.45, 7) is 4.42. The van der Waals surface area contributed by atoms with Crippen molar-refractivity contribution in [3.05, 3.63) is 0 Å². The highest BCUT2D eigenvalue weighted by Crippen LogP contribution is 2.58. The van der Waals surface area contributed by atoms with Gasteiger partial charge in [-0.3, -0.25) is 4.79 Å². The lowest BCUT2D eigenvalue weighted by atomic mass is 9.58. The molecule has 1 amide bonds. The molecule has 0 radical (unpaired) electrons. The van der Waals surface area contributed by atoms with E-state index in [1.54, 1.807) is 18.7 Å². The summed E-state index contributed by atoms with van der Waals surface area (Å²) in [5.41, 5.74) is -1.23. The van der Waals surface area contributed by atoms with Crippen LogP contribution in [0.3, 0.4) is 0 Å².